The van der Waals surface area contributed by atoms with Crippen molar-refractivity contribution in [1.82, 2.24) is 10.2 Å². The summed E-state index contributed by atoms with van der Waals surface area (Å²) in [6, 6.07) is 12.1. The lowest BCUT2D eigenvalue weighted by molar-refractivity contribution is -0.116. The number of rotatable bonds is 7. The molecule has 0 saturated heterocycles. The van der Waals surface area contributed by atoms with Crippen LogP contribution in [-0.2, 0) is 17.6 Å². The second-order valence-corrected chi connectivity index (χ2v) is 7.51. The molecule has 4 rings (SSSR count). The van der Waals surface area contributed by atoms with Gasteiger partial charge < -0.3 is 15.4 Å². The number of aryl methyl sites for hydroxylation is 1. The van der Waals surface area contributed by atoms with Gasteiger partial charge >= 0.3 is 0 Å². The van der Waals surface area contributed by atoms with Crippen molar-refractivity contribution in [3.05, 3.63) is 64.4 Å². The van der Waals surface area contributed by atoms with Crippen molar-refractivity contribution in [2.24, 2.45) is 0 Å². The second-order valence-electron chi connectivity index (χ2n) is 6.45. The molecule has 144 valence electrons. The van der Waals surface area contributed by atoms with Crippen molar-refractivity contribution < 1.29 is 13.9 Å². The van der Waals surface area contributed by atoms with Crippen LogP contribution in [0.2, 0.25) is 0 Å². The molecular formula is C20H19FN4O2S. The van der Waals surface area contributed by atoms with Gasteiger partial charge in [-0.2, -0.15) is 0 Å². The highest BCUT2D eigenvalue weighted by Crippen LogP contribution is 2.26. The van der Waals surface area contributed by atoms with Gasteiger partial charge in [-0.05, 0) is 47.9 Å². The predicted octanol–water partition coefficient (Wildman–Crippen LogP) is 3.64. The summed E-state index contributed by atoms with van der Waals surface area (Å²) in [5.74, 6) is 0.597. The van der Waals surface area contributed by atoms with Gasteiger partial charge in [0.15, 0.2) is 0 Å². The Morgan fingerprint density at radius 1 is 1.14 bits per heavy atom. The lowest BCUT2D eigenvalue weighted by Gasteiger charge is -2.17. The first-order valence-corrected chi connectivity index (χ1v) is 9.84. The maximum absolute atomic E-state index is 13.0. The highest BCUT2D eigenvalue weighted by atomic mass is 32.1. The Kier molecular flexibility index (Phi) is 5.48. The van der Waals surface area contributed by atoms with E-state index in [-0.39, 0.29) is 11.7 Å². The third-order valence-corrected chi connectivity index (χ3v) is 5.24. The van der Waals surface area contributed by atoms with Crippen molar-refractivity contribution in [2.45, 2.75) is 19.3 Å². The first kappa shape index (κ1) is 18.4. The van der Waals surface area contributed by atoms with Gasteiger partial charge in [-0.1, -0.05) is 23.5 Å². The molecule has 1 aromatic heterocycles. The van der Waals surface area contributed by atoms with E-state index in [9.17, 15) is 9.18 Å². The highest BCUT2D eigenvalue weighted by Gasteiger charge is 2.15. The number of hydrogen-bond acceptors (Lipinski definition) is 6. The molecule has 3 aromatic rings. The van der Waals surface area contributed by atoms with Crippen LogP contribution in [-0.4, -0.2) is 29.3 Å². The van der Waals surface area contributed by atoms with E-state index < -0.39 is 0 Å². The Morgan fingerprint density at radius 2 is 2.00 bits per heavy atom. The minimum absolute atomic E-state index is 0.0567. The average Bonchev–Trinajstić information content (AvgIpc) is 3.14. The Morgan fingerprint density at radius 3 is 2.86 bits per heavy atom. The molecule has 1 aliphatic heterocycles. The maximum atomic E-state index is 13.0. The van der Waals surface area contributed by atoms with Crippen molar-refractivity contribution in [2.75, 3.05) is 23.8 Å². The SMILES string of the molecule is O=C1CCc2cc(OCCNc3nnc(Cc4ccc(F)cc4)s3)ccc2N1. The number of nitrogens with zero attached hydrogens (tertiary/aromatic N) is 2. The molecule has 2 aromatic carbocycles. The number of aromatic nitrogens is 2. The summed E-state index contributed by atoms with van der Waals surface area (Å²) in [4.78, 5) is 11.4. The first-order chi connectivity index (χ1) is 13.7. The zero-order valence-corrected chi connectivity index (χ0v) is 15.9. The number of nitrogens with one attached hydrogen (secondary N) is 2. The fourth-order valence-corrected chi connectivity index (χ4v) is 3.75. The van der Waals surface area contributed by atoms with Gasteiger partial charge in [0.05, 0.1) is 6.54 Å². The van der Waals surface area contributed by atoms with Gasteiger partial charge in [0.1, 0.15) is 23.2 Å². The van der Waals surface area contributed by atoms with Crippen LogP contribution in [0.1, 0.15) is 22.6 Å². The lowest BCUT2D eigenvalue weighted by Crippen LogP contribution is -2.19. The van der Waals surface area contributed by atoms with Gasteiger partial charge in [0, 0.05) is 18.5 Å². The summed E-state index contributed by atoms with van der Waals surface area (Å²) in [6.07, 6.45) is 1.87. The van der Waals surface area contributed by atoms with Gasteiger partial charge in [-0.25, -0.2) is 4.39 Å². The van der Waals surface area contributed by atoms with Gasteiger partial charge in [-0.3, -0.25) is 4.79 Å². The van der Waals surface area contributed by atoms with E-state index >= 15 is 0 Å². The first-order valence-electron chi connectivity index (χ1n) is 9.02. The van der Waals surface area contributed by atoms with Crippen LogP contribution in [0.4, 0.5) is 15.2 Å². The Bertz CT molecular complexity index is 975. The van der Waals surface area contributed by atoms with E-state index in [1.165, 1.54) is 23.5 Å². The van der Waals surface area contributed by atoms with Crippen LogP contribution in [0.25, 0.3) is 0 Å². The number of carbonyl (C=O) groups excluding carboxylic acids is 1. The number of hydrogen-bond donors (Lipinski definition) is 2. The molecule has 0 bridgehead atoms. The van der Waals surface area contributed by atoms with E-state index in [4.69, 9.17) is 4.74 Å². The number of anilines is 2. The molecular weight excluding hydrogens is 379 g/mol. The number of benzene rings is 2. The molecule has 2 N–H and O–H groups in total. The summed E-state index contributed by atoms with van der Waals surface area (Å²) in [5, 5.41) is 15.9. The van der Waals surface area contributed by atoms with E-state index in [0.29, 0.717) is 26.0 Å². The number of carbonyl (C=O) groups is 1. The van der Waals surface area contributed by atoms with E-state index in [1.807, 2.05) is 18.2 Å². The van der Waals surface area contributed by atoms with Crippen molar-refractivity contribution in [3.63, 3.8) is 0 Å². The third-order valence-electron chi connectivity index (χ3n) is 4.35. The van der Waals surface area contributed by atoms with Crippen LogP contribution < -0.4 is 15.4 Å². The summed E-state index contributed by atoms with van der Waals surface area (Å²) >= 11 is 1.47. The van der Waals surface area contributed by atoms with Crippen molar-refractivity contribution in [3.8, 4) is 5.75 Å². The molecule has 8 heteroatoms. The molecule has 1 aliphatic rings. The van der Waals surface area contributed by atoms with Gasteiger partial charge in [0.25, 0.3) is 0 Å². The van der Waals surface area contributed by atoms with Crippen LogP contribution in [0.5, 0.6) is 5.75 Å². The van der Waals surface area contributed by atoms with Crippen LogP contribution >= 0.6 is 11.3 Å². The molecule has 0 fully saturated rings. The molecule has 0 atom stereocenters. The summed E-state index contributed by atoms with van der Waals surface area (Å²) in [5.41, 5.74) is 2.96. The fraction of sp³-hybridized carbons (Fsp3) is 0.250. The molecule has 0 saturated carbocycles. The average molecular weight is 398 g/mol. The summed E-state index contributed by atoms with van der Waals surface area (Å²) in [6.45, 7) is 1.08. The quantitative estimate of drug-likeness (QED) is 0.594. The standard InChI is InChI=1S/C20H19FN4O2S/c21-15-4-1-13(2-5-15)11-19-24-25-20(28-19)22-9-10-27-16-6-7-17-14(12-16)3-8-18(26)23-17/h1-2,4-7,12H,3,8-11H2,(H,22,25)(H,23,26). The van der Waals surface area contributed by atoms with Gasteiger partial charge in [0.2, 0.25) is 11.0 Å². The Labute approximate surface area is 165 Å². The van der Waals surface area contributed by atoms with Crippen molar-refractivity contribution in [1.29, 1.82) is 0 Å². The number of amides is 1. The molecule has 0 aliphatic carbocycles. The second kappa shape index (κ2) is 8.35. The zero-order chi connectivity index (χ0) is 19.3. The maximum Gasteiger partial charge on any atom is 0.224 e. The highest BCUT2D eigenvalue weighted by molar-refractivity contribution is 7.15. The van der Waals surface area contributed by atoms with E-state index in [0.717, 1.165) is 39.1 Å². The summed E-state index contributed by atoms with van der Waals surface area (Å²) in [7, 11) is 0. The number of fused-ring (bicyclic) bond motifs is 1. The molecule has 2 heterocycles. The van der Waals surface area contributed by atoms with Crippen LogP contribution in [0.15, 0.2) is 42.5 Å². The molecule has 28 heavy (non-hydrogen) atoms. The molecule has 0 unspecified atom stereocenters. The fourth-order valence-electron chi connectivity index (χ4n) is 2.95. The number of halogens is 1. The topological polar surface area (TPSA) is 76.1 Å². The van der Waals surface area contributed by atoms with Crippen LogP contribution in [0.3, 0.4) is 0 Å². The Hall–Kier alpha value is -3.00. The molecule has 6 nitrogen and oxygen atoms in total. The minimum atomic E-state index is -0.243. The Balaban J connectivity index is 1.24. The minimum Gasteiger partial charge on any atom is -0.492 e. The number of ether oxygens (including phenoxy) is 1. The molecule has 1 amide bonds. The van der Waals surface area contributed by atoms with Crippen molar-refractivity contribution >= 4 is 28.1 Å². The van der Waals surface area contributed by atoms with Gasteiger partial charge in [-0.15, -0.1) is 10.2 Å². The predicted molar refractivity (Wildman–Crippen MR) is 106 cm³/mol. The monoisotopic (exact) mass is 398 g/mol. The lowest BCUT2D eigenvalue weighted by atomic mass is 10.0. The molecule has 0 radical (unpaired) electrons. The van der Waals surface area contributed by atoms with E-state index in [2.05, 4.69) is 20.8 Å². The normalized spacial score (nSPS) is 13.0. The largest absolute Gasteiger partial charge is 0.492 e. The van der Waals surface area contributed by atoms with E-state index in [1.54, 1.807) is 12.1 Å². The summed E-state index contributed by atoms with van der Waals surface area (Å²) < 4.78 is 18.7. The third kappa shape index (κ3) is 4.64. The zero-order valence-electron chi connectivity index (χ0n) is 15.1. The molecule has 0 spiro atoms. The smallest absolute Gasteiger partial charge is 0.224 e. The van der Waals surface area contributed by atoms with Crippen LogP contribution in [0, 0.1) is 5.82 Å².